The Morgan fingerprint density at radius 2 is 2.12 bits per heavy atom. The monoisotopic (exact) mass is 234 g/mol. The molecule has 1 N–H and O–H groups in total. The van der Waals surface area contributed by atoms with Crippen molar-refractivity contribution in [2.24, 2.45) is 5.92 Å². The van der Waals surface area contributed by atoms with Gasteiger partial charge in [0.2, 0.25) is 0 Å². The van der Waals surface area contributed by atoms with Gasteiger partial charge in [-0.1, -0.05) is 13.8 Å². The minimum absolute atomic E-state index is 0.216. The summed E-state index contributed by atoms with van der Waals surface area (Å²) in [7, 11) is 0. The molecule has 2 aromatic heterocycles. The van der Waals surface area contributed by atoms with Gasteiger partial charge in [0.05, 0.1) is 5.92 Å². The van der Waals surface area contributed by atoms with E-state index in [0.717, 1.165) is 5.69 Å². The van der Waals surface area contributed by atoms with E-state index in [1.807, 2.05) is 19.9 Å². The number of aromatic nitrogens is 4. The quantitative estimate of drug-likeness (QED) is 0.864. The molecule has 0 aliphatic rings. The molecule has 0 amide bonds. The maximum Gasteiger partial charge on any atom is 0.306 e. The average Bonchev–Trinajstić information content (AvgIpc) is 2.69. The number of aryl methyl sites for hydroxylation is 1. The van der Waals surface area contributed by atoms with Crippen LogP contribution in [0.15, 0.2) is 12.4 Å². The van der Waals surface area contributed by atoms with Gasteiger partial charge in [-0.15, -0.1) is 10.2 Å². The fraction of sp³-hybridized carbons (Fsp3) is 0.455. The lowest BCUT2D eigenvalue weighted by molar-refractivity contribution is -0.141. The van der Waals surface area contributed by atoms with Gasteiger partial charge in [0.15, 0.2) is 5.65 Å². The van der Waals surface area contributed by atoms with Crippen molar-refractivity contribution in [3.8, 4) is 0 Å². The van der Waals surface area contributed by atoms with Crippen molar-refractivity contribution in [3.63, 3.8) is 0 Å². The van der Waals surface area contributed by atoms with Crippen LogP contribution in [0.1, 0.15) is 31.3 Å². The number of carboxylic acids is 1. The van der Waals surface area contributed by atoms with E-state index >= 15 is 0 Å². The van der Waals surface area contributed by atoms with Gasteiger partial charge in [0, 0.05) is 17.7 Å². The maximum atomic E-state index is 11.0. The molecule has 2 atom stereocenters. The second-order valence-electron chi connectivity index (χ2n) is 4.23. The summed E-state index contributed by atoms with van der Waals surface area (Å²) in [5, 5.41) is 17.1. The molecule has 6 nitrogen and oxygen atoms in total. The van der Waals surface area contributed by atoms with E-state index < -0.39 is 11.9 Å². The number of rotatable bonds is 3. The fourth-order valence-corrected chi connectivity index (χ4v) is 1.65. The normalized spacial score (nSPS) is 14.8. The number of fused-ring (bicyclic) bond motifs is 1. The lowest BCUT2D eigenvalue weighted by Gasteiger charge is -2.13. The lowest BCUT2D eigenvalue weighted by Crippen LogP contribution is -2.18. The standard InChI is InChI=1S/C11H14N4O2/c1-6-4-9-13-14-10(15(9)5-12-6)7(2)8(3)11(16)17/h4-5,7-8H,1-3H3,(H,16,17). The Morgan fingerprint density at radius 1 is 1.41 bits per heavy atom. The first-order valence-corrected chi connectivity index (χ1v) is 5.40. The summed E-state index contributed by atoms with van der Waals surface area (Å²) in [5.74, 6) is -0.938. The van der Waals surface area contributed by atoms with Crippen LogP contribution in [-0.2, 0) is 4.79 Å². The predicted molar refractivity (Wildman–Crippen MR) is 60.7 cm³/mol. The van der Waals surface area contributed by atoms with E-state index in [0.29, 0.717) is 11.5 Å². The number of carbonyl (C=O) groups is 1. The van der Waals surface area contributed by atoms with Gasteiger partial charge in [-0.3, -0.25) is 9.20 Å². The Morgan fingerprint density at radius 3 is 2.76 bits per heavy atom. The summed E-state index contributed by atoms with van der Waals surface area (Å²) in [6.07, 6.45) is 1.63. The van der Waals surface area contributed by atoms with Crippen LogP contribution in [0.25, 0.3) is 5.65 Å². The minimum Gasteiger partial charge on any atom is -0.481 e. The first-order chi connectivity index (χ1) is 8.00. The summed E-state index contributed by atoms with van der Waals surface area (Å²) in [5.41, 5.74) is 1.55. The Hall–Kier alpha value is -1.98. The molecule has 0 aromatic carbocycles. The molecule has 0 bridgehead atoms. The highest BCUT2D eigenvalue weighted by molar-refractivity contribution is 5.70. The largest absolute Gasteiger partial charge is 0.481 e. The van der Waals surface area contributed by atoms with Crippen molar-refractivity contribution in [2.75, 3.05) is 0 Å². The van der Waals surface area contributed by atoms with E-state index in [2.05, 4.69) is 15.2 Å². The average molecular weight is 234 g/mol. The molecule has 2 heterocycles. The fourth-order valence-electron chi connectivity index (χ4n) is 1.65. The molecule has 0 aliphatic heterocycles. The topological polar surface area (TPSA) is 80.4 Å². The Labute approximate surface area is 98.3 Å². The molecule has 0 aliphatic carbocycles. The van der Waals surface area contributed by atoms with Gasteiger partial charge in [-0.25, -0.2) is 4.98 Å². The van der Waals surface area contributed by atoms with Crippen molar-refractivity contribution in [1.29, 1.82) is 0 Å². The Kier molecular flexibility index (Phi) is 2.79. The number of nitrogens with zero attached hydrogens (tertiary/aromatic N) is 4. The van der Waals surface area contributed by atoms with Crippen molar-refractivity contribution in [1.82, 2.24) is 19.6 Å². The zero-order valence-corrected chi connectivity index (χ0v) is 9.95. The number of aliphatic carboxylic acids is 1. The van der Waals surface area contributed by atoms with Crippen LogP contribution in [0, 0.1) is 12.8 Å². The van der Waals surface area contributed by atoms with Gasteiger partial charge in [0.1, 0.15) is 12.2 Å². The highest BCUT2D eigenvalue weighted by Gasteiger charge is 2.25. The molecule has 2 aromatic rings. The zero-order valence-electron chi connectivity index (χ0n) is 9.95. The van der Waals surface area contributed by atoms with Crippen LogP contribution in [0.3, 0.4) is 0 Å². The summed E-state index contributed by atoms with van der Waals surface area (Å²) in [6.45, 7) is 5.36. The highest BCUT2D eigenvalue weighted by atomic mass is 16.4. The smallest absolute Gasteiger partial charge is 0.306 e. The summed E-state index contributed by atoms with van der Waals surface area (Å²) >= 11 is 0. The Balaban J connectivity index is 2.46. The lowest BCUT2D eigenvalue weighted by atomic mass is 9.95. The molecule has 2 unspecified atom stereocenters. The first kappa shape index (κ1) is 11.5. The molecule has 2 rings (SSSR count). The summed E-state index contributed by atoms with van der Waals surface area (Å²) < 4.78 is 1.73. The van der Waals surface area contributed by atoms with E-state index in [1.165, 1.54) is 0 Å². The molecular weight excluding hydrogens is 220 g/mol. The van der Waals surface area contributed by atoms with E-state index in [9.17, 15) is 4.79 Å². The van der Waals surface area contributed by atoms with Crippen LogP contribution >= 0.6 is 0 Å². The predicted octanol–water partition coefficient (Wildman–Crippen LogP) is 1.26. The van der Waals surface area contributed by atoms with Gasteiger partial charge in [-0.05, 0) is 6.92 Å². The second-order valence-corrected chi connectivity index (χ2v) is 4.23. The molecule has 0 saturated heterocycles. The number of hydrogen-bond acceptors (Lipinski definition) is 4. The zero-order chi connectivity index (χ0) is 12.6. The third-order valence-electron chi connectivity index (χ3n) is 3.01. The third kappa shape index (κ3) is 1.98. The summed E-state index contributed by atoms with van der Waals surface area (Å²) in [4.78, 5) is 15.1. The Bertz CT molecular complexity index is 564. The van der Waals surface area contributed by atoms with E-state index in [4.69, 9.17) is 5.11 Å². The van der Waals surface area contributed by atoms with Gasteiger partial charge in [-0.2, -0.15) is 0 Å². The minimum atomic E-state index is -0.839. The molecule has 6 heteroatoms. The van der Waals surface area contributed by atoms with Crippen molar-refractivity contribution in [3.05, 3.63) is 23.9 Å². The van der Waals surface area contributed by atoms with Crippen LogP contribution < -0.4 is 0 Å². The highest BCUT2D eigenvalue weighted by Crippen LogP contribution is 2.23. The van der Waals surface area contributed by atoms with Crippen LogP contribution in [0.2, 0.25) is 0 Å². The molecule has 0 radical (unpaired) electrons. The molecule has 90 valence electrons. The van der Waals surface area contributed by atoms with Gasteiger partial charge >= 0.3 is 5.97 Å². The second kappa shape index (κ2) is 4.12. The third-order valence-corrected chi connectivity index (χ3v) is 3.01. The molecule has 0 saturated carbocycles. The van der Waals surface area contributed by atoms with E-state index in [1.54, 1.807) is 17.7 Å². The van der Waals surface area contributed by atoms with Crippen LogP contribution in [0.4, 0.5) is 0 Å². The van der Waals surface area contributed by atoms with Crippen LogP contribution in [0.5, 0.6) is 0 Å². The molecule has 0 spiro atoms. The molecule has 0 fully saturated rings. The molecule has 17 heavy (non-hydrogen) atoms. The number of hydrogen-bond donors (Lipinski definition) is 1. The van der Waals surface area contributed by atoms with Gasteiger partial charge in [0.25, 0.3) is 0 Å². The van der Waals surface area contributed by atoms with Crippen LogP contribution in [-0.4, -0.2) is 30.7 Å². The first-order valence-electron chi connectivity index (χ1n) is 5.40. The van der Waals surface area contributed by atoms with Crippen molar-refractivity contribution >= 4 is 11.6 Å². The maximum absolute atomic E-state index is 11.0. The van der Waals surface area contributed by atoms with Gasteiger partial charge < -0.3 is 5.11 Å². The van der Waals surface area contributed by atoms with E-state index in [-0.39, 0.29) is 5.92 Å². The summed E-state index contributed by atoms with van der Waals surface area (Å²) in [6, 6.07) is 1.81. The van der Waals surface area contributed by atoms with Crippen molar-refractivity contribution in [2.45, 2.75) is 26.7 Å². The van der Waals surface area contributed by atoms with Crippen molar-refractivity contribution < 1.29 is 9.90 Å². The SMILES string of the molecule is Cc1cc2nnc(C(C)C(C)C(=O)O)n2cn1. The number of carboxylic acid groups (broad SMARTS) is 1. The molecular formula is C11H14N4O2.